The number of hydrogen-bond donors (Lipinski definition) is 2. The molecule has 26 heavy (non-hydrogen) atoms. The van der Waals surface area contributed by atoms with Crippen molar-refractivity contribution >= 4 is 27.3 Å². The second kappa shape index (κ2) is 8.14. The first-order valence-electron chi connectivity index (χ1n) is 8.06. The van der Waals surface area contributed by atoms with Crippen molar-refractivity contribution in [2.45, 2.75) is 19.6 Å². The van der Waals surface area contributed by atoms with Crippen LogP contribution in [-0.4, -0.2) is 33.0 Å². The summed E-state index contributed by atoms with van der Waals surface area (Å²) in [6, 6.07) is 12.0. The smallest absolute Gasteiger partial charge is 0.251 e. The van der Waals surface area contributed by atoms with E-state index in [1.807, 2.05) is 32.0 Å². The van der Waals surface area contributed by atoms with Crippen molar-refractivity contribution in [1.29, 1.82) is 0 Å². The van der Waals surface area contributed by atoms with Gasteiger partial charge in [-0.1, -0.05) is 30.3 Å². The molecule has 6 nitrogen and oxygen atoms in total. The first kappa shape index (κ1) is 19.7. The SMILES string of the molecule is Cc1cccc(C)c1NC(=O)CNC(=O)c1ccc(CS(C)(=O)=O)cc1. The van der Waals surface area contributed by atoms with E-state index in [1.54, 1.807) is 24.3 Å². The molecule has 0 atom stereocenters. The second-order valence-electron chi connectivity index (χ2n) is 6.26. The third-order valence-corrected chi connectivity index (χ3v) is 4.66. The zero-order valence-corrected chi connectivity index (χ0v) is 15.8. The van der Waals surface area contributed by atoms with Crippen LogP contribution in [0, 0.1) is 13.8 Å². The summed E-state index contributed by atoms with van der Waals surface area (Å²) in [6.07, 6.45) is 1.16. The van der Waals surface area contributed by atoms with Crippen LogP contribution in [0.15, 0.2) is 42.5 Å². The Kier molecular flexibility index (Phi) is 6.15. The fourth-order valence-corrected chi connectivity index (χ4v) is 3.31. The number of anilines is 1. The highest BCUT2D eigenvalue weighted by atomic mass is 32.2. The Labute approximate surface area is 153 Å². The lowest BCUT2D eigenvalue weighted by molar-refractivity contribution is -0.115. The lowest BCUT2D eigenvalue weighted by Crippen LogP contribution is -2.33. The summed E-state index contributed by atoms with van der Waals surface area (Å²) < 4.78 is 22.5. The van der Waals surface area contributed by atoms with Crippen LogP contribution in [-0.2, 0) is 20.4 Å². The number of carbonyl (C=O) groups is 2. The minimum Gasteiger partial charge on any atom is -0.343 e. The van der Waals surface area contributed by atoms with E-state index in [-0.39, 0.29) is 18.2 Å². The number of carbonyl (C=O) groups excluding carboxylic acids is 2. The topological polar surface area (TPSA) is 92.3 Å². The summed E-state index contributed by atoms with van der Waals surface area (Å²) in [5.74, 6) is -0.787. The van der Waals surface area contributed by atoms with Crippen LogP contribution in [0.25, 0.3) is 0 Å². The van der Waals surface area contributed by atoms with Crippen LogP contribution in [0.2, 0.25) is 0 Å². The Morgan fingerprint density at radius 2 is 1.54 bits per heavy atom. The predicted octanol–water partition coefficient (Wildman–Crippen LogP) is 2.22. The van der Waals surface area contributed by atoms with Crippen LogP contribution in [0.5, 0.6) is 0 Å². The molecule has 2 aromatic carbocycles. The van der Waals surface area contributed by atoms with Gasteiger partial charge in [0.25, 0.3) is 5.91 Å². The quantitative estimate of drug-likeness (QED) is 0.811. The Hall–Kier alpha value is -2.67. The van der Waals surface area contributed by atoms with Crippen molar-refractivity contribution in [3.05, 3.63) is 64.7 Å². The summed E-state index contributed by atoms with van der Waals surface area (Å²) in [7, 11) is -3.12. The highest BCUT2D eigenvalue weighted by Crippen LogP contribution is 2.19. The average Bonchev–Trinajstić information content (AvgIpc) is 2.55. The molecule has 0 saturated heterocycles. The van der Waals surface area contributed by atoms with Gasteiger partial charge in [0.05, 0.1) is 12.3 Å². The lowest BCUT2D eigenvalue weighted by Gasteiger charge is -2.12. The highest BCUT2D eigenvalue weighted by molar-refractivity contribution is 7.89. The molecular weight excluding hydrogens is 352 g/mol. The molecule has 0 aromatic heterocycles. The third kappa shape index (κ3) is 5.70. The van der Waals surface area contributed by atoms with E-state index in [0.29, 0.717) is 11.1 Å². The summed E-state index contributed by atoms with van der Waals surface area (Å²) in [4.78, 5) is 24.2. The fraction of sp³-hybridized carbons (Fsp3) is 0.263. The van der Waals surface area contributed by atoms with E-state index in [0.717, 1.165) is 23.1 Å². The highest BCUT2D eigenvalue weighted by Gasteiger charge is 2.11. The van der Waals surface area contributed by atoms with Gasteiger partial charge in [0.15, 0.2) is 9.84 Å². The number of para-hydroxylation sites is 1. The average molecular weight is 374 g/mol. The van der Waals surface area contributed by atoms with Crippen LogP contribution >= 0.6 is 0 Å². The molecule has 0 aliphatic heterocycles. The Morgan fingerprint density at radius 1 is 0.962 bits per heavy atom. The molecule has 0 saturated carbocycles. The van der Waals surface area contributed by atoms with Crippen molar-refractivity contribution in [3.8, 4) is 0 Å². The predicted molar refractivity (Wildman–Crippen MR) is 102 cm³/mol. The van der Waals surface area contributed by atoms with Gasteiger partial charge >= 0.3 is 0 Å². The minimum atomic E-state index is -3.12. The maximum Gasteiger partial charge on any atom is 0.251 e. The van der Waals surface area contributed by atoms with Crippen LogP contribution < -0.4 is 10.6 Å². The van der Waals surface area contributed by atoms with Crippen molar-refractivity contribution < 1.29 is 18.0 Å². The maximum absolute atomic E-state index is 12.1. The lowest BCUT2D eigenvalue weighted by atomic mass is 10.1. The van der Waals surface area contributed by atoms with E-state index in [4.69, 9.17) is 0 Å². The fourth-order valence-electron chi connectivity index (χ4n) is 2.51. The van der Waals surface area contributed by atoms with Gasteiger partial charge in [-0.3, -0.25) is 9.59 Å². The molecular formula is C19H22N2O4S. The molecule has 0 unspecified atom stereocenters. The molecule has 2 rings (SSSR count). The van der Waals surface area contributed by atoms with Gasteiger partial charge in [0, 0.05) is 17.5 Å². The number of amides is 2. The monoisotopic (exact) mass is 374 g/mol. The number of benzene rings is 2. The molecule has 7 heteroatoms. The molecule has 0 bridgehead atoms. The Bertz CT molecular complexity index is 899. The van der Waals surface area contributed by atoms with Crippen LogP contribution in [0.4, 0.5) is 5.69 Å². The number of hydrogen-bond acceptors (Lipinski definition) is 4. The van der Waals surface area contributed by atoms with E-state index >= 15 is 0 Å². The summed E-state index contributed by atoms with van der Waals surface area (Å²) in [6.45, 7) is 3.65. The molecule has 0 spiro atoms. The normalized spacial score (nSPS) is 11.0. The van der Waals surface area contributed by atoms with Crippen LogP contribution in [0.3, 0.4) is 0 Å². The molecule has 0 heterocycles. The Morgan fingerprint density at radius 3 is 2.08 bits per heavy atom. The number of sulfone groups is 1. The van der Waals surface area contributed by atoms with E-state index in [1.165, 1.54) is 0 Å². The van der Waals surface area contributed by atoms with Crippen molar-refractivity contribution in [2.75, 3.05) is 18.1 Å². The summed E-state index contributed by atoms with van der Waals surface area (Å²) in [5.41, 5.74) is 3.62. The molecule has 0 aliphatic rings. The van der Waals surface area contributed by atoms with Crippen molar-refractivity contribution in [2.24, 2.45) is 0 Å². The molecule has 2 aromatic rings. The molecule has 0 radical (unpaired) electrons. The number of rotatable bonds is 6. The van der Waals surface area contributed by atoms with Crippen LogP contribution in [0.1, 0.15) is 27.0 Å². The molecule has 0 fully saturated rings. The number of nitrogens with one attached hydrogen (secondary N) is 2. The van der Waals surface area contributed by atoms with Crippen molar-refractivity contribution in [1.82, 2.24) is 5.32 Å². The Balaban J connectivity index is 1.93. The number of aryl methyl sites for hydroxylation is 2. The standard InChI is InChI=1S/C19H22N2O4S/c1-13-5-4-6-14(2)18(13)21-17(22)11-20-19(23)16-9-7-15(8-10-16)12-26(3,24)25/h4-10H,11-12H2,1-3H3,(H,20,23)(H,21,22). The maximum atomic E-state index is 12.1. The van der Waals surface area contributed by atoms with Gasteiger partial charge in [-0.2, -0.15) is 0 Å². The first-order chi connectivity index (χ1) is 12.2. The minimum absolute atomic E-state index is 0.0763. The second-order valence-corrected chi connectivity index (χ2v) is 8.40. The summed E-state index contributed by atoms with van der Waals surface area (Å²) in [5, 5.41) is 5.36. The van der Waals surface area contributed by atoms with Gasteiger partial charge in [0.2, 0.25) is 5.91 Å². The van der Waals surface area contributed by atoms with E-state index in [2.05, 4.69) is 10.6 Å². The molecule has 2 amide bonds. The first-order valence-corrected chi connectivity index (χ1v) is 10.1. The molecule has 0 aliphatic carbocycles. The third-order valence-electron chi connectivity index (χ3n) is 3.80. The molecule has 138 valence electrons. The largest absolute Gasteiger partial charge is 0.343 e. The van der Waals surface area contributed by atoms with Gasteiger partial charge in [-0.05, 0) is 42.7 Å². The van der Waals surface area contributed by atoms with Gasteiger partial charge in [0.1, 0.15) is 0 Å². The summed E-state index contributed by atoms with van der Waals surface area (Å²) >= 11 is 0. The van der Waals surface area contributed by atoms with E-state index < -0.39 is 15.7 Å². The van der Waals surface area contributed by atoms with Gasteiger partial charge in [-0.25, -0.2) is 8.42 Å². The molecule has 2 N–H and O–H groups in total. The zero-order chi connectivity index (χ0) is 19.3. The zero-order valence-electron chi connectivity index (χ0n) is 15.0. The van der Waals surface area contributed by atoms with E-state index in [9.17, 15) is 18.0 Å². The van der Waals surface area contributed by atoms with Gasteiger partial charge < -0.3 is 10.6 Å². The van der Waals surface area contributed by atoms with Gasteiger partial charge in [-0.15, -0.1) is 0 Å². The van der Waals surface area contributed by atoms with Crippen molar-refractivity contribution in [3.63, 3.8) is 0 Å².